The monoisotopic (exact) mass is 310 g/mol. The second-order valence-electron chi connectivity index (χ2n) is 5.66. The highest BCUT2D eigenvalue weighted by atomic mass is 35.5. The van der Waals surface area contributed by atoms with Crippen molar-refractivity contribution in [2.75, 3.05) is 24.6 Å². The molecule has 6 nitrogen and oxygen atoms in total. The second-order valence-corrected chi connectivity index (χ2v) is 6.10. The number of aromatic nitrogens is 2. The van der Waals surface area contributed by atoms with Gasteiger partial charge in [0.2, 0.25) is 11.9 Å². The second kappa shape index (κ2) is 6.15. The minimum atomic E-state index is -0.235. The van der Waals surface area contributed by atoms with Gasteiger partial charge in [-0.25, -0.2) is 9.97 Å². The van der Waals surface area contributed by atoms with Crippen LogP contribution in [0.5, 0.6) is 0 Å². The zero-order chi connectivity index (χ0) is 14.8. The number of amides is 1. The highest BCUT2D eigenvalue weighted by Gasteiger charge is 2.39. The van der Waals surface area contributed by atoms with E-state index in [0.29, 0.717) is 23.5 Å². The molecular weight excluding hydrogens is 292 g/mol. The average molecular weight is 311 g/mol. The van der Waals surface area contributed by atoms with E-state index >= 15 is 0 Å². The average Bonchev–Trinajstić information content (AvgIpc) is 2.98. The fourth-order valence-electron chi connectivity index (χ4n) is 3.28. The van der Waals surface area contributed by atoms with Crippen molar-refractivity contribution in [2.24, 2.45) is 17.6 Å². The van der Waals surface area contributed by atoms with Gasteiger partial charge < -0.3 is 15.4 Å². The van der Waals surface area contributed by atoms with E-state index < -0.39 is 0 Å². The number of hydrogen-bond donors (Lipinski definition) is 1. The molecule has 2 N–H and O–H groups in total. The molecule has 3 heterocycles. The van der Waals surface area contributed by atoms with Gasteiger partial charge in [-0.05, 0) is 25.2 Å². The first-order valence-corrected chi connectivity index (χ1v) is 7.66. The maximum atomic E-state index is 11.5. The van der Waals surface area contributed by atoms with Gasteiger partial charge in [0.25, 0.3) is 0 Å². The Morgan fingerprint density at radius 3 is 2.57 bits per heavy atom. The quantitative estimate of drug-likeness (QED) is 0.908. The van der Waals surface area contributed by atoms with Gasteiger partial charge in [0.15, 0.2) is 0 Å². The van der Waals surface area contributed by atoms with Gasteiger partial charge >= 0.3 is 0 Å². The zero-order valence-electron chi connectivity index (χ0n) is 11.7. The lowest BCUT2D eigenvalue weighted by molar-refractivity contribution is -0.124. The van der Waals surface area contributed by atoms with Crippen molar-refractivity contribution in [3.8, 4) is 0 Å². The summed E-state index contributed by atoms with van der Waals surface area (Å²) in [6.07, 6.45) is 5.87. The number of halogens is 1. The lowest BCUT2D eigenvalue weighted by Crippen LogP contribution is -2.42. The van der Waals surface area contributed by atoms with Gasteiger partial charge in [-0.1, -0.05) is 11.6 Å². The van der Waals surface area contributed by atoms with E-state index in [1.165, 1.54) is 0 Å². The van der Waals surface area contributed by atoms with Crippen molar-refractivity contribution in [3.63, 3.8) is 0 Å². The summed E-state index contributed by atoms with van der Waals surface area (Å²) in [5.41, 5.74) is 5.47. The molecule has 0 spiro atoms. The summed E-state index contributed by atoms with van der Waals surface area (Å²) >= 11 is 5.80. The summed E-state index contributed by atoms with van der Waals surface area (Å²) in [5.74, 6) is 0.722. The van der Waals surface area contributed by atoms with Crippen LogP contribution in [0.4, 0.5) is 5.95 Å². The number of ether oxygens (including phenoxy) is 1. The predicted molar refractivity (Wildman–Crippen MR) is 79.0 cm³/mol. The first-order chi connectivity index (χ1) is 10.1. The van der Waals surface area contributed by atoms with Gasteiger partial charge in [0, 0.05) is 19.7 Å². The van der Waals surface area contributed by atoms with Crippen LogP contribution in [-0.2, 0) is 9.53 Å². The maximum Gasteiger partial charge on any atom is 0.225 e. The highest BCUT2D eigenvalue weighted by molar-refractivity contribution is 6.30. The minimum Gasteiger partial charge on any atom is -0.377 e. The van der Waals surface area contributed by atoms with Crippen LogP contribution in [-0.4, -0.2) is 41.7 Å². The Labute approximate surface area is 128 Å². The van der Waals surface area contributed by atoms with Crippen molar-refractivity contribution in [3.05, 3.63) is 17.4 Å². The normalized spacial score (nSPS) is 27.0. The molecule has 0 radical (unpaired) electrons. The number of primary amides is 1. The van der Waals surface area contributed by atoms with E-state index in [-0.39, 0.29) is 17.9 Å². The van der Waals surface area contributed by atoms with Crippen LogP contribution in [0.3, 0.4) is 0 Å². The molecule has 2 atom stereocenters. The van der Waals surface area contributed by atoms with Crippen LogP contribution >= 0.6 is 11.6 Å². The molecule has 3 rings (SSSR count). The lowest BCUT2D eigenvalue weighted by Gasteiger charge is -2.35. The third-order valence-corrected chi connectivity index (χ3v) is 4.59. The summed E-state index contributed by atoms with van der Waals surface area (Å²) in [5, 5.41) is 0.539. The molecule has 7 heteroatoms. The van der Waals surface area contributed by atoms with Gasteiger partial charge in [0.1, 0.15) is 0 Å². The Balaban J connectivity index is 1.60. The number of nitrogens with two attached hydrogens (primary N) is 1. The summed E-state index contributed by atoms with van der Waals surface area (Å²) in [7, 11) is 0. The Hall–Kier alpha value is -1.40. The molecule has 0 bridgehead atoms. The molecule has 0 saturated carbocycles. The van der Waals surface area contributed by atoms with E-state index in [1.54, 1.807) is 12.4 Å². The van der Waals surface area contributed by atoms with Crippen LogP contribution in [0.25, 0.3) is 0 Å². The first kappa shape index (κ1) is 14.5. The molecular formula is C14H19ClN4O2. The summed E-state index contributed by atoms with van der Waals surface area (Å²) in [6.45, 7) is 2.36. The molecule has 2 aliphatic rings. The largest absolute Gasteiger partial charge is 0.377 e. The smallest absolute Gasteiger partial charge is 0.225 e. The lowest BCUT2D eigenvalue weighted by atomic mass is 9.84. The number of piperidine rings is 1. The van der Waals surface area contributed by atoms with Crippen LogP contribution < -0.4 is 10.6 Å². The molecule has 1 amide bonds. The van der Waals surface area contributed by atoms with Crippen LogP contribution in [0.15, 0.2) is 12.4 Å². The molecule has 2 aliphatic heterocycles. The third-order valence-electron chi connectivity index (χ3n) is 4.39. The van der Waals surface area contributed by atoms with Crippen LogP contribution in [0.1, 0.15) is 19.3 Å². The fraction of sp³-hybridized carbons (Fsp3) is 0.643. The van der Waals surface area contributed by atoms with Crippen molar-refractivity contribution in [1.82, 2.24) is 9.97 Å². The Bertz CT molecular complexity index is 502. The van der Waals surface area contributed by atoms with E-state index in [4.69, 9.17) is 22.1 Å². The summed E-state index contributed by atoms with van der Waals surface area (Å²) in [4.78, 5) is 22.1. The zero-order valence-corrected chi connectivity index (χ0v) is 12.5. The molecule has 2 saturated heterocycles. The Morgan fingerprint density at radius 1 is 1.29 bits per heavy atom. The van der Waals surface area contributed by atoms with Crippen molar-refractivity contribution in [1.29, 1.82) is 0 Å². The van der Waals surface area contributed by atoms with Crippen LogP contribution in [0.2, 0.25) is 5.02 Å². The Morgan fingerprint density at radius 2 is 1.95 bits per heavy atom. The maximum absolute atomic E-state index is 11.5. The number of hydrogen-bond acceptors (Lipinski definition) is 5. The number of anilines is 1. The molecule has 2 fully saturated rings. The number of nitrogens with zero attached hydrogens (tertiary/aromatic N) is 3. The highest BCUT2D eigenvalue weighted by Crippen LogP contribution is 2.33. The number of rotatable bonds is 3. The summed E-state index contributed by atoms with van der Waals surface area (Å²) < 4.78 is 5.75. The topological polar surface area (TPSA) is 81.3 Å². The molecule has 21 heavy (non-hydrogen) atoms. The van der Waals surface area contributed by atoms with Gasteiger partial charge in [0.05, 0.1) is 29.4 Å². The number of carbonyl (C=O) groups excluding carboxylic acids is 1. The molecule has 114 valence electrons. The van der Waals surface area contributed by atoms with E-state index in [2.05, 4.69) is 14.9 Å². The van der Waals surface area contributed by atoms with Crippen LogP contribution in [0, 0.1) is 11.8 Å². The molecule has 0 aliphatic carbocycles. The predicted octanol–water partition coefficient (Wildman–Crippen LogP) is 1.24. The van der Waals surface area contributed by atoms with E-state index in [0.717, 1.165) is 32.4 Å². The van der Waals surface area contributed by atoms with Crippen molar-refractivity contribution in [2.45, 2.75) is 25.4 Å². The first-order valence-electron chi connectivity index (χ1n) is 7.28. The molecule has 1 aromatic rings. The summed E-state index contributed by atoms with van der Waals surface area (Å²) in [6, 6.07) is 0. The fourth-order valence-corrected chi connectivity index (χ4v) is 3.37. The van der Waals surface area contributed by atoms with E-state index in [9.17, 15) is 4.79 Å². The van der Waals surface area contributed by atoms with E-state index in [1.807, 2.05) is 0 Å². The molecule has 0 unspecified atom stereocenters. The molecule has 0 aromatic carbocycles. The minimum absolute atomic E-state index is 0.0178. The van der Waals surface area contributed by atoms with Crippen molar-refractivity contribution < 1.29 is 9.53 Å². The third kappa shape index (κ3) is 3.11. The SMILES string of the molecule is NC(=O)[C@H]1CCO[C@@H]1C1CCN(c2ncc(Cl)cn2)CC1. The Kier molecular flexibility index (Phi) is 4.26. The van der Waals surface area contributed by atoms with Gasteiger partial charge in [-0.15, -0.1) is 0 Å². The standard InChI is InChI=1S/C14H19ClN4O2/c15-10-7-17-14(18-8-10)19-4-1-9(2-5-19)12-11(13(16)20)3-6-21-12/h7-9,11-12H,1-6H2,(H2,16,20)/t11-,12+/m0/s1. The van der Waals surface area contributed by atoms with Gasteiger partial charge in [-0.2, -0.15) is 0 Å². The number of carbonyl (C=O) groups is 1. The van der Waals surface area contributed by atoms with Gasteiger partial charge in [-0.3, -0.25) is 4.79 Å². The molecule has 1 aromatic heterocycles. The van der Waals surface area contributed by atoms with Crippen molar-refractivity contribution >= 4 is 23.5 Å².